The van der Waals surface area contributed by atoms with Crippen molar-refractivity contribution in [3.8, 4) is 0 Å². The fourth-order valence-electron chi connectivity index (χ4n) is 1.08. The molecule has 0 spiro atoms. The Labute approximate surface area is 86.4 Å². The minimum atomic E-state index is 0.797. The van der Waals surface area contributed by atoms with E-state index in [0.717, 1.165) is 21.5 Å². The quantitative estimate of drug-likeness (QED) is 0.736. The molecule has 0 nitrogen and oxygen atoms in total. The number of rotatable bonds is 2. The van der Waals surface area contributed by atoms with Gasteiger partial charge in [-0.1, -0.05) is 46.2 Å². The van der Waals surface area contributed by atoms with Gasteiger partial charge in [0.2, 0.25) is 0 Å². The van der Waals surface area contributed by atoms with Crippen LogP contribution in [0.4, 0.5) is 0 Å². The average molecular weight is 246 g/mol. The molecule has 1 aromatic carbocycles. The van der Waals surface area contributed by atoms with Crippen LogP contribution in [-0.4, -0.2) is 0 Å². The molecule has 12 heavy (non-hydrogen) atoms. The molecule has 0 saturated heterocycles. The summed E-state index contributed by atoms with van der Waals surface area (Å²) >= 11 is 9.34. The van der Waals surface area contributed by atoms with Gasteiger partial charge >= 0.3 is 0 Å². The Kier molecular flexibility index (Phi) is 3.36. The first kappa shape index (κ1) is 9.82. The van der Waals surface area contributed by atoms with E-state index in [4.69, 9.17) is 11.6 Å². The van der Waals surface area contributed by atoms with Crippen LogP contribution in [0.5, 0.6) is 0 Å². The van der Waals surface area contributed by atoms with Gasteiger partial charge in [-0.3, -0.25) is 0 Å². The van der Waals surface area contributed by atoms with Gasteiger partial charge in [0, 0.05) is 11.4 Å². The predicted octanol–water partition coefficient (Wildman–Crippen LogP) is 4.10. The molecule has 1 aromatic rings. The lowest BCUT2D eigenvalue weighted by atomic mass is 10.1. The molecule has 0 aromatic heterocycles. The smallest absolute Gasteiger partial charge is 0.0444 e. The van der Waals surface area contributed by atoms with E-state index in [0.29, 0.717) is 0 Å². The van der Waals surface area contributed by atoms with E-state index in [1.165, 1.54) is 5.56 Å². The summed E-state index contributed by atoms with van der Waals surface area (Å²) in [4.78, 5) is 0. The van der Waals surface area contributed by atoms with Crippen molar-refractivity contribution in [1.29, 1.82) is 0 Å². The van der Waals surface area contributed by atoms with Crippen molar-refractivity contribution in [2.45, 2.75) is 13.3 Å². The minimum Gasteiger partial charge on any atom is -0.0885 e. The zero-order valence-corrected chi connectivity index (χ0v) is 9.24. The summed E-state index contributed by atoms with van der Waals surface area (Å²) in [5.74, 6) is 0. The van der Waals surface area contributed by atoms with E-state index in [-0.39, 0.29) is 0 Å². The third-order valence-electron chi connectivity index (χ3n) is 1.72. The van der Waals surface area contributed by atoms with Crippen molar-refractivity contribution in [1.82, 2.24) is 0 Å². The lowest BCUT2D eigenvalue weighted by Crippen LogP contribution is -1.89. The maximum Gasteiger partial charge on any atom is 0.0444 e. The van der Waals surface area contributed by atoms with Gasteiger partial charge in [-0.15, -0.1) is 0 Å². The van der Waals surface area contributed by atoms with Gasteiger partial charge in [-0.05, 0) is 28.6 Å². The lowest BCUT2D eigenvalue weighted by molar-refractivity contribution is 1.21. The monoisotopic (exact) mass is 244 g/mol. The van der Waals surface area contributed by atoms with E-state index in [9.17, 15) is 0 Å². The van der Waals surface area contributed by atoms with Crippen LogP contribution in [0.3, 0.4) is 0 Å². The Bertz CT molecular complexity index is 284. The average Bonchev–Trinajstić information content (AvgIpc) is 1.97. The Morgan fingerprint density at radius 2 is 2.25 bits per heavy atom. The SMILES string of the molecule is C=C(Br)Cc1c(C)cccc1Cl. The molecule has 0 aliphatic rings. The number of hydrogen-bond acceptors (Lipinski definition) is 0. The highest BCUT2D eigenvalue weighted by atomic mass is 79.9. The summed E-state index contributed by atoms with van der Waals surface area (Å²) in [6.07, 6.45) is 0.797. The Balaban J connectivity index is 3.04. The fourth-order valence-corrected chi connectivity index (χ4v) is 1.65. The van der Waals surface area contributed by atoms with Gasteiger partial charge in [-0.2, -0.15) is 0 Å². The normalized spacial score (nSPS) is 9.92. The Hall–Kier alpha value is -0.270. The maximum absolute atomic E-state index is 6.01. The summed E-state index contributed by atoms with van der Waals surface area (Å²) in [7, 11) is 0. The first-order valence-corrected chi connectivity index (χ1v) is 4.85. The van der Waals surface area contributed by atoms with Crippen LogP contribution in [0.15, 0.2) is 29.3 Å². The van der Waals surface area contributed by atoms with Gasteiger partial charge in [-0.25, -0.2) is 0 Å². The zero-order valence-electron chi connectivity index (χ0n) is 6.90. The van der Waals surface area contributed by atoms with Crippen LogP contribution in [0, 0.1) is 6.92 Å². The number of benzene rings is 1. The van der Waals surface area contributed by atoms with E-state index < -0.39 is 0 Å². The van der Waals surface area contributed by atoms with Gasteiger partial charge < -0.3 is 0 Å². The Morgan fingerprint density at radius 3 is 2.75 bits per heavy atom. The number of halogens is 2. The second kappa shape index (κ2) is 4.11. The Morgan fingerprint density at radius 1 is 1.58 bits per heavy atom. The van der Waals surface area contributed by atoms with Crippen LogP contribution in [0.25, 0.3) is 0 Å². The summed E-state index contributed by atoms with van der Waals surface area (Å²) in [5.41, 5.74) is 2.36. The second-order valence-corrected chi connectivity index (χ2v) is 4.26. The van der Waals surface area contributed by atoms with E-state index >= 15 is 0 Å². The molecule has 0 amide bonds. The molecule has 1 rings (SSSR count). The van der Waals surface area contributed by atoms with Gasteiger partial charge in [0.15, 0.2) is 0 Å². The largest absolute Gasteiger partial charge is 0.0885 e. The van der Waals surface area contributed by atoms with Gasteiger partial charge in [0.25, 0.3) is 0 Å². The maximum atomic E-state index is 6.01. The summed E-state index contributed by atoms with van der Waals surface area (Å²) in [6.45, 7) is 5.84. The van der Waals surface area contributed by atoms with Crippen molar-refractivity contribution >= 4 is 27.5 Å². The third-order valence-corrected chi connectivity index (χ3v) is 2.36. The highest BCUT2D eigenvalue weighted by Crippen LogP contribution is 2.23. The number of hydrogen-bond donors (Lipinski definition) is 0. The first-order valence-electron chi connectivity index (χ1n) is 3.68. The number of allylic oxidation sites excluding steroid dienone is 1. The van der Waals surface area contributed by atoms with Crippen LogP contribution in [0.2, 0.25) is 5.02 Å². The third kappa shape index (κ3) is 2.36. The van der Waals surface area contributed by atoms with Crippen LogP contribution in [0.1, 0.15) is 11.1 Å². The topological polar surface area (TPSA) is 0 Å². The first-order chi connectivity index (χ1) is 5.61. The molecule has 64 valence electrons. The van der Waals surface area contributed by atoms with Crippen molar-refractivity contribution in [2.75, 3.05) is 0 Å². The molecule has 0 aliphatic carbocycles. The molecular formula is C10H10BrCl. The highest BCUT2D eigenvalue weighted by molar-refractivity contribution is 9.11. The molecule has 0 unspecified atom stereocenters. The van der Waals surface area contributed by atoms with Crippen LogP contribution in [-0.2, 0) is 6.42 Å². The highest BCUT2D eigenvalue weighted by Gasteiger charge is 2.03. The second-order valence-electron chi connectivity index (χ2n) is 2.73. The van der Waals surface area contributed by atoms with Gasteiger partial charge in [0.05, 0.1) is 0 Å². The van der Waals surface area contributed by atoms with Crippen molar-refractivity contribution in [3.63, 3.8) is 0 Å². The molecule has 0 aliphatic heterocycles. The van der Waals surface area contributed by atoms with Crippen LogP contribution < -0.4 is 0 Å². The molecule has 0 atom stereocenters. The van der Waals surface area contributed by atoms with E-state index in [2.05, 4.69) is 35.5 Å². The van der Waals surface area contributed by atoms with Crippen molar-refractivity contribution in [3.05, 3.63) is 45.4 Å². The van der Waals surface area contributed by atoms with Crippen molar-refractivity contribution in [2.24, 2.45) is 0 Å². The lowest BCUT2D eigenvalue weighted by Gasteiger charge is -2.06. The molecule has 0 saturated carbocycles. The minimum absolute atomic E-state index is 0.797. The molecule has 0 heterocycles. The summed E-state index contributed by atoms with van der Waals surface area (Å²) < 4.78 is 0.957. The molecule has 0 radical (unpaired) electrons. The van der Waals surface area contributed by atoms with Gasteiger partial charge in [0.1, 0.15) is 0 Å². The molecular weight excluding hydrogens is 235 g/mol. The fraction of sp³-hybridized carbons (Fsp3) is 0.200. The standard InChI is InChI=1S/C10H10BrCl/c1-7-4-3-5-10(12)9(7)6-8(2)11/h3-5H,2,6H2,1H3. The van der Waals surface area contributed by atoms with E-state index in [1.807, 2.05) is 12.1 Å². The number of aryl methyl sites for hydroxylation is 1. The predicted molar refractivity (Wildman–Crippen MR) is 58.0 cm³/mol. The summed E-state index contributed by atoms with van der Waals surface area (Å²) in [6, 6.07) is 5.91. The molecule has 0 bridgehead atoms. The van der Waals surface area contributed by atoms with E-state index in [1.54, 1.807) is 0 Å². The van der Waals surface area contributed by atoms with Crippen molar-refractivity contribution < 1.29 is 0 Å². The molecule has 0 fully saturated rings. The molecule has 2 heteroatoms. The summed E-state index contributed by atoms with van der Waals surface area (Å²) in [5, 5.41) is 0.815. The van der Waals surface area contributed by atoms with Crippen LogP contribution >= 0.6 is 27.5 Å². The molecule has 0 N–H and O–H groups in total. The zero-order chi connectivity index (χ0) is 9.14.